The van der Waals surface area contributed by atoms with Crippen molar-refractivity contribution in [3.63, 3.8) is 0 Å². The second-order valence-corrected chi connectivity index (χ2v) is 5.98. The Hall–Kier alpha value is -2.37. The van der Waals surface area contributed by atoms with Crippen molar-refractivity contribution in [3.8, 4) is 0 Å². The van der Waals surface area contributed by atoms with Gasteiger partial charge < -0.3 is 16.0 Å². The van der Waals surface area contributed by atoms with Crippen molar-refractivity contribution in [3.05, 3.63) is 35.9 Å². The van der Waals surface area contributed by atoms with Crippen molar-refractivity contribution in [1.29, 1.82) is 0 Å². The molecule has 6 heteroatoms. The number of hydrogen-bond acceptors (Lipinski definition) is 3. The highest BCUT2D eigenvalue weighted by Crippen LogP contribution is 2.12. The fourth-order valence-electron chi connectivity index (χ4n) is 2.37. The van der Waals surface area contributed by atoms with Crippen molar-refractivity contribution >= 4 is 17.7 Å². The molecule has 1 aromatic rings. The molecule has 1 rings (SSSR count). The van der Waals surface area contributed by atoms with Gasteiger partial charge in [-0.2, -0.15) is 0 Å². The molecular weight excluding hydrogens is 294 g/mol. The zero-order valence-electron chi connectivity index (χ0n) is 14.1. The summed E-state index contributed by atoms with van der Waals surface area (Å²) in [5, 5.41) is 2.64. The molecule has 0 spiro atoms. The molecule has 0 aromatic heterocycles. The lowest BCUT2D eigenvalue weighted by atomic mass is 9.99. The molecule has 0 aliphatic heterocycles. The van der Waals surface area contributed by atoms with Crippen molar-refractivity contribution in [2.45, 2.75) is 39.3 Å². The van der Waals surface area contributed by atoms with Crippen LogP contribution in [-0.4, -0.2) is 41.8 Å². The minimum Gasteiger partial charge on any atom is -0.368 e. The molecule has 0 aliphatic rings. The molecule has 3 N–H and O–H groups in total. The van der Waals surface area contributed by atoms with E-state index >= 15 is 0 Å². The fourth-order valence-corrected chi connectivity index (χ4v) is 2.37. The van der Waals surface area contributed by atoms with E-state index in [0.717, 1.165) is 5.56 Å². The van der Waals surface area contributed by atoms with Crippen LogP contribution in [-0.2, 0) is 20.8 Å². The van der Waals surface area contributed by atoms with E-state index in [2.05, 4.69) is 5.32 Å². The van der Waals surface area contributed by atoms with Crippen LogP contribution < -0.4 is 11.1 Å². The van der Waals surface area contributed by atoms with Crippen LogP contribution in [0, 0.1) is 5.92 Å². The second kappa shape index (κ2) is 8.31. The summed E-state index contributed by atoms with van der Waals surface area (Å²) in [6, 6.07) is 7.91. The molecule has 0 aliphatic carbocycles. The molecule has 0 fully saturated rings. The largest absolute Gasteiger partial charge is 0.368 e. The van der Waals surface area contributed by atoms with Gasteiger partial charge in [0.1, 0.15) is 12.1 Å². The number of nitrogens with zero attached hydrogens (tertiary/aromatic N) is 1. The zero-order chi connectivity index (χ0) is 17.6. The van der Waals surface area contributed by atoms with Crippen LogP contribution in [0.15, 0.2) is 30.3 Å². The van der Waals surface area contributed by atoms with Gasteiger partial charge in [-0.25, -0.2) is 0 Å². The van der Waals surface area contributed by atoms with Crippen LogP contribution in [0.1, 0.15) is 26.3 Å². The van der Waals surface area contributed by atoms with Gasteiger partial charge in [0.2, 0.25) is 17.7 Å². The third-order valence-corrected chi connectivity index (χ3v) is 3.71. The van der Waals surface area contributed by atoms with E-state index in [1.807, 2.05) is 44.2 Å². The normalized spacial score (nSPS) is 13.3. The van der Waals surface area contributed by atoms with E-state index in [9.17, 15) is 14.4 Å². The lowest BCUT2D eigenvalue weighted by Crippen LogP contribution is -2.55. The van der Waals surface area contributed by atoms with Crippen LogP contribution in [0.25, 0.3) is 0 Å². The minimum absolute atomic E-state index is 0.0981. The van der Waals surface area contributed by atoms with Crippen LogP contribution in [0.2, 0.25) is 0 Å². The van der Waals surface area contributed by atoms with Crippen molar-refractivity contribution in [2.24, 2.45) is 11.7 Å². The Morgan fingerprint density at radius 1 is 1.17 bits per heavy atom. The van der Waals surface area contributed by atoms with Gasteiger partial charge in [0.05, 0.1) is 0 Å². The van der Waals surface area contributed by atoms with Crippen LogP contribution in [0.4, 0.5) is 0 Å². The SMILES string of the molecule is CC(=O)N[C@@H](C(=O)N(C)[C@H](Cc1ccccc1)C(N)=O)C(C)C. The first-order valence-electron chi connectivity index (χ1n) is 7.61. The number of benzene rings is 1. The van der Waals surface area contributed by atoms with E-state index in [1.54, 1.807) is 0 Å². The summed E-state index contributed by atoms with van der Waals surface area (Å²) >= 11 is 0. The Morgan fingerprint density at radius 3 is 2.17 bits per heavy atom. The molecule has 6 nitrogen and oxygen atoms in total. The topological polar surface area (TPSA) is 92.5 Å². The van der Waals surface area contributed by atoms with Crippen LogP contribution in [0.5, 0.6) is 0 Å². The van der Waals surface area contributed by atoms with Crippen molar-refractivity contribution < 1.29 is 14.4 Å². The van der Waals surface area contributed by atoms with E-state index < -0.39 is 18.0 Å². The Kier molecular flexibility index (Phi) is 6.75. The highest BCUT2D eigenvalue weighted by molar-refractivity contribution is 5.91. The molecule has 126 valence electrons. The molecule has 0 saturated heterocycles. The molecule has 0 heterocycles. The summed E-state index contributed by atoms with van der Waals surface area (Å²) in [6.07, 6.45) is 0.337. The Morgan fingerprint density at radius 2 is 1.74 bits per heavy atom. The summed E-state index contributed by atoms with van der Waals surface area (Å²) in [7, 11) is 1.54. The third kappa shape index (κ3) is 5.39. The summed E-state index contributed by atoms with van der Waals surface area (Å²) in [6.45, 7) is 5.03. The van der Waals surface area contributed by atoms with Gasteiger partial charge in [0, 0.05) is 20.4 Å². The Labute approximate surface area is 137 Å². The average molecular weight is 319 g/mol. The summed E-state index contributed by atoms with van der Waals surface area (Å²) in [5.41, 5.74) is 6.39. The monoisotopic (exact) mass is 319 g/mol. The maximum atomic E-state index is 12.7. The molecular formula is C17H25N3O3. The number of carbonyl (C=O) groups excluding carboxylic acids is 3. The van der Waals surface area contributed by atoms with Gasteiger partial charge in [0.15, 0.2) is 0 Å². The first-order valence-corrected chi connectivity index (χ1v) is 7.61. The van der Waals surface area contributed by atoms with Gasteiger partial charge in [-0.3, -0.25) is 14.4 Å². The number of primary amides is 1. The standard InChI is InChI=1S/C17H25N3O3/c1-11(2)15(19-12(3)21)17(23)20(4)14(16(18)22)10-13-8-6-5-7-9-13/h5-9,11,14-15H,10H2,1-4H3,(H2,18,22)(H,19,21)/t14-,15-/m1/s1. The fraction of sp³-hybridized carbons (Fsp3) is 0.471. The highest BCUT2D eigenvalue weighted by Gasteiger charge is 2.32. The van der Waals surface area contributed by atoms with Gasteiger partial charge in [-0.15, -0.1) is 0 Å². The lowest BCUT2D eigenvalue weighted by molar-refractivity contribution is -0.141. The molecule has 3 amide bonds. The quantitative estimate of drug-likeness (QED) is 0.775. The predicted molar refractivity (Wildman–Crippen MR) is 88.3 cm³/mol. The predicted octanol–water partition coefficient (Wildman–Crippen LogP) is 0.702. The molecule has 0 unspecified atom stereocenters. The number of nitrogens with two attached hydrogens (primary N) is 1. The number of amides is 3. The van der Waals surface area contributed by atoms with E-state index in [-0.39, 0.29) is 17.7 Å². The Bertz CT molecular complexity index is 557. The smallest absolute Gasteiger partial charge is 0.245 e. The first-order chi connectivity index (χ1) is 10.7. The van der Waals surface area contributed by atoms with E-state index in [1.165, 1.54) is 18.9 Å². The maximum Gasteiger partial charge on any atom is 0.245 e. The van der Waals surface area contributed by atoms with E-state index in [4.69, 9.17) is 5.73 Å². The summed E-state index contributed by atoms with van der Waals surface area (Å²) < 4.78 is 0. The highest BCUT2D eigenvalue weighted by atomic mass is 16.2. The van der Waals surface area contributed by atoms with E-state index in [0.29, 0.717) is 6.42 Å². The third-order valence-electron chi connectivity index (χ3n) is 3.71. The number of hydrogen-bond donors (Lipinski definition) is 2. The van der Waals surface area contributed by atoms with Gasteiger partial charge >= 0.3 is 0 Å². The number of likely N-dealkylation sites (N-methyl/N-ethyl adjacent to an activating group) is 1. The second-order valence-electron chi connectivity index (χ2n) is 5.98. The van der Waals surface area contributed by atoms with Crippen molar-refractivity contribution in [2.75, 3.05) is 7.05 Å². The summed E-state index contributed by atoms with van der Waals surface area (Å²) in [5.74, 6) is -1.28. The molecule has 23 heavy (non-hydrogen) atoms. The number of carbonyl (C=O) groups is 3. The maximum absolute atomic E-state index is 12.7. The minimum atomic E-state index is -0.764. The lowest BCUT2D eigenvalue weighted by Gasteiger charge is -2.31. The Balaban J connectivity index is 2.95. The number of nitrogens with one attached hydrogen (secondary N) is 1. The summed E-state index contributed by atoms with van der Waals surface area (Å²) in [4.78, 5) is 37.1. The molecule has 2 atom stereocenters. The average Bonchev–Trinajstić information content (AvgIpc) is 2.49. The van der Waals surface area contributed by atoms with Gasteiger partial charge in [-0.1, -0.05) is 44.2 Å². The van der Waals surface area contributed by atoms with Crippen LogP contribution >= 0.6 is 0 Å². The zero-order valence-corrected chi connectivity index (χ0v) is 14.1. The molecule has 0 saturated carbocycles. The van der Waals surface area contributed by atoms with Crippen LogP contribution in [0.3, 0.4) is 0 Å². The molecule has 0 radical (unpaired) electrons. The first kappa shape index (κ1) is 18.7. The van der Waals surface area contributed by atoms with Gasteiger partial charge in [0.25, 0.3) is 0 Å². The molecule has 0 bridgehead atoms. The molecule has 1 aromatic carbocycles. The van der Waals surface area contributed by atoms with Gasteiger partial charge in [-0.05, 0) is 11.5 Å². The number of rotatable bonds is 7. The van der Waals surface area contributed by atoms with Crippen molar-refractivity contribution in [1.82, 2.24) is 10.2 Å².